The molecule has 8 heteroatoms. The summed E-state index contributed by atoms with van der Waals surface area (Å²) >= 11 is 6.16. The van der Waals surface area contributed by atoms with Gasteiger partial charge in [-0.3, -0.25) is 0 Å². The van der Waals surface area contributed by atoms with Crippen molar-refractivity contribution >= 4 is 41.0 Å². The zero-order valence-corrected chi connectivity index (χ0v) is 15.1. The van der Waals surface area contributed by atoms with E-state index in [0.717, 1.165) is 42.7 Å². The molecule has 24 heavy (non-hydrogen) atoms. The molecule has 0 atom stereocenters. The van der Waals surface area contributed by atoms with E-state index in [1.165, 1.54) is 25.7 Å². The van der Waals surface area contributed by atoms with Crippen molar-refractivity contribution in [3.8, 4) is 0 Å². The molecular weight excluding hydrogens is 349 g/mol. The molecule has 2 aromatic rings. The average Bonchev–Trinajstić information content (AvgIpc) is 3.18. The minimum atomic E-state index is -0.163. The van der Waals surface area contributed by atoms with Gasteiger partial charge in [-0.1, -0.05) is 12.8 Å². The van der Waals surface area contributed by atoms with Crippen LogP contribution in [0.5, 0.6) is 0 Å². The van der Waals surface area contributed by atoms with E-state index in [2.05, 4.69) is 24.8 Å². The number of hydrogen-bond acceptors (Lipinski definition) is 5. The lowest BCUT2D eigenvalue weighted by molar-refractivity contribution is 0.126. The van der Waals surface area contributed by atoms with E-state index < -0.39 is 0 Å². The van der Waals surface area contributed by atoms with Crippen molar-refractivity contribution in [3.05, 3.63) is 11.6 Å². The number of aromatic nitrogens is 4. The Balaban J connectivity index is 0.00000169. The minimum Gasteiger partial charge on any atom is -0.393 e. The van der Waals surface area contributed by atoms with Crippen LogP contribution in [0.25, 0.3) is 11.2 Å². The molecule has 2 saturated carbocycles. The highest BCUT2D eigenvalue weighted by molar-refractivity contribution is 6.28. The average molecular weight is 372 g/mol. The Kier molecular flexibility index (Phi) is 5.47. The fraction of sp³-hybridized carbons (Fsp3) is 0.688. The molecular formula is C16H23Cl2N5O. The summed E-state index contributed by atoms with van der Waals surface area (Å²) < 4.78 is 2.16. The van der Waals surface area contributed by atoms with Gasteiger partial charge in [0.2, 0.25) is 5.28 Å². The second-order valence-corrected chi connectivity index (χ2v) is 7.09. The van der Waals surface area contributed by atoms with Gasteiger partial charge in [0.15, 0.2) is 17.0 Å². The first-order valence-electron chi connectivity index (χ1n) is 8.55. The third kappa shape index (κ3) is 3.46. The lowest BCUT2D eigenvalue weighted by Gasteiger charge is -2.26. The number of hydrogen-bond donors (Lipinski definition) is 2. The van der Waals surface area contributed by atoms with Crippen molar-refractivity contribution in [2.45, 2.75) is 69.6 Å². The molecule has 0 saturated heterocycles. The van der Waals surface area contributed by atoms with Gasteiger partial charge in [0.05, 0.1) is 12.4 Å². The molecule has 4 rings (SSSR count). The number of aliphatic hydroxyl groups excluding tert-OH is 1. The number of imidazole rings is 1. The van der Waals surface area contributed by atoms with Crippen LogP contribution in [0.2, 0.25) is 5.28 Å². The fourth-order valence-corrected chi connectivity index (χ4v) is 4.02. The molecule has 132 valence electrons. The Hall–Kier alpha value is -1.11. The quantitative estimate of drug-likeness (QED) is 0.803. The van der Waals surface area contributed by atoms with Crippen LogP contribution in [0.4, 0.5) is 5.82 Å². The molecule has 2 aliphatic rings. The van der Waals surface area contributed by atoms with E-state index in [4.69, 9.17) is 11.6 Å². The molecule has 0 unspecified atom stereocenters. The summed E-state index contributed by atoms with van der Waals surface area (Å²) in [6, 6.07) is 0.785. The van der Waals surface area contributed by atoms with Gasteiger partial charge in [0, 0.05) is 12.1 Å². The fourth-order valence-electron chi connectivity index (χ4n) is 3.85. The monoisotopic (exact) mass is 371 g/mol. The summed E-state index contributed by atoms with van der Waals surface area (Å²) in [5.41, 5.74) is 1.63. The van der Waals surface area contributed by atoms with Crippen molar-refractivity contribution in [1.29, 1.82) is 0 Å². The highest BCUT2D eigenvalue weighted by Crippen LogP contribution is 2.33. The molecule has 0 aliphatic heterocycles. The van der Waals surface area contributed by atoms with Crippen molar-refractivity contribution in [1.82, 2.24) is 19.5 Å². The Morgan fingerprint density at radius 2 is 1.79 bits per heavy atom. The summed E-state index contributed by atoms with van der Waals surface area (Å²) in [7, 11) is 0. The van der Waals surface area contributed by atoms with Gasteiger partial charge >= 0.3 is 0 Å². The van der Waals surface area contributed by atoms with Crippen LogP contribution in [0.3, 0.4) is 0 Å². The molecule has 0 spiro atoms. The van der Waals surface area contributed by atoms with Gasteiger partial charge in [-0.15, -0.1) is 12.4 Å². The topological polar surface area (TPSA) is 75.9 Å². The van der Waals surface area contributed by atoms with Crippen LogP contribution in [-0.2, 0) is 0 Å². The Bertz CT molecular complexity index is 693. The predicted molar refractivity (Wildman–Crippen MR) is 97.0 cm³/mol. The minimum absolute atomic E-state index is 0. The Morgan fingerprint density at radius 3 is 2.50 bits per heavy atom. The van der Waals surface area contributed by atoms with Gasteiger partial charge in [0.25, 0.3) is 0 Å². The molecule has 0 radical (unpaired) electrons. The maximum Gasteiger partial charge on any atom is 0.226 e. The van der Waals surface area contributed by atoms with Gasteiger partial charge in [-0.25, -0.2) is 4.98 Å². The summed E-state index contributed by atoms with van der Waals surface area (Å²) in [4.78, 5) is 13.3. The van der Waals surface area contributed by atoms with E-state index in [9.17, 15) is 5.11 Å². The van der Waals surface area contributed by atoms with E-state index in [-0.39, 0.29) is 23.8 Å². The molecule has 0 bridgehead atoms. The molecule has 2 aliphatic carbocycles. The maximum absolute atomic E-state index is 9.64. The van der Waals surface area contributed by atoms with Crippen LogP contribution in [0.15, 0.2) is 6.33 Å². The second kappa shape index (κ2) is 7.42. The second-order valence-electron chi connectivity index (χ2n) is 6.75. The number of anilines is 1. The zero-order valence-electron chi connectivity index (χ0n) is 13.5. The normalized spacial score (nSPS) is 24.9. The van der Waals surface area contributed by atoms with Gasteiger partial charge in [-0.2, -0.15) is 9.97 Å². The number of halogens is 2. The highest BCUT2D eigenvalue weighted by atomic mass is 35.5. The molecule has 2 fully saturated rings. The summed E-state index contributed by atoms with van der Waals surface area (Å²) in [6.45, 7) is 0. The third-order valence-corrected chi connectivity index (χ3v) is 5.32. The van der Waals surface area contributed by atoms with Crippen LogP contribution in [0.1, 0.15) is 57.4 Å². The van der Waals surface area contributed by atoms with Crippen molar-refractivity contribution in [3.63, 3.8) is 0 Å². The van der Waals surface area contributed by atoms with Crippen molar-refractivity contribution < 1.29 is 5.11 Å². The highest BCUT2D eigenvalue weighted by Gasteiger charge is 2.24. The van der Waals surface area contributed by atoms with E-state index in [1.54, 1.807) is 0 Å². The van der Waals surface area contributed by atoms with Gasteiger partial charge < -0.3 is 15.0 Å². The molecule has 0 aromatic carbocycles. The van der Waals surface area contributed by atoms with E-state index in [1.807, 2.05) is 6.33 Å². The lowest BCUT2D eigenvalue weighted by atomic mass is 9.93. The molecule has 2 heterocycles. The lowest BCUT2D eigenvalue weighted by Crippen LogP contribution is -2.28. The summed E-state index contributed by atoms with van der Waals surface area (Å²) in [6.07, 6.45) is 10.1. The number of rotatable bonds is 3. The Morgan fingerprint density at radius 1 is 1.08 bits per heavy atom. The first-order chi connectivity index (χ1) is 11.2. The predicted octanol–water partition coefficient (Wildman–Crippen LogP) is 3.73. The van der Waals surface area contributed by atoms with Crippen LogP contribution >= 0.6 is 24.0 Å². The Labute approximate surface area is 152 Å². The van der Waals surface area contributed by atoms with Crippen LogP contribution in [0, 0.1) is 0 Å². The standard InChI is InChI=1S/C16H22ClN5O.ClH/c17-16-20-14(19-10-5-7-12(23)8-6-10)13-15(21-16)22(9-18-13)11-3-1-2-4-11;/h9-12,23H,1-8H2,(H,19,20,21);1H/t10-,12+;. The largest absolute Gasteiger partial charge is 0.393 e. The van der Waals surface area contributed by atoms with E-state index >= 15 is 0 Å². The number of fused-ring (bicyclic) bond motifs is 1. The third-order valence-electron chi connectivity index (χ3n) is 5.15. The molecule has 0 amide bonds. The number of nitrogens with zero attached hydrogens (tertiary/aromatic N) is 4. The summed E-state index contributed by atoms with van der Waals surface area (Å²) in [5.74, 6) is 0.720. The molecule has 6 nitrogen and oxygen atoms in total. The maximum atomic E-state index is 9.64. The number of nitrogens with one attached hydrogen (secondary N) is 1. The molecule has 2 N–H and O–H groups in total. The van der Waals surface area contributed by atoms with Gasteiger partial charge in [0.1, 0.15) is 0 Å². The molecule has 2 aromatic heterocycles. The smallest absolute Gasteiger partial charge is 0.226 e. The van der Waals surface area contributed by atoms with Crippen molar-refractivity contribution in [2.75, 3.05) is 5.32 Å². The van der Waals surface area contributed by atoms with Crippen molar-refractivity contribution in [2.24, 2.45) is 0 Å². The van der Waals surface area contributed by atoms with E-state index in [0.29, 0.717) is 12.1 Å². The SMILES string of the molecule is Cl.O[C@H]1CC[C@@H](Nc2nc(Cl)nc3c2ncn3C2CCCC2)CC1. The first-order valence-corrected chi connectivity index (χ1v) is 8.93. The number of aliphatic hydroxyl groups is 1. The van der Waals surface area contributed by atoms with Crippen LogP contribution < -0.4 is 5.32 Å². The zero-order chi connectivity index (χ0) is 15.8. The van der Waals surface area contributed by atoms with Gasteiger partial charge in [-0.05, 0) is 50.1 Å². The van der Waals surface area contributed by atoms with Crippen LogP contribution in [-0.4, -0.2) is 36.8 Å². The summed E-state index contributed by atoms with van der Waals surface area (Å²) in [5, 5.41) is 13.4. The first kappa shape index (κ1) is 17.7.